The van der Waals surface area contributed by atoms with Crippen molar-refractivity contribution in [2.24, 2.45) is 0 Å². The number of phenols is 2. The zero-order chi connectivity index (χ0) is 43.8. The fourth-order valence-corrected chi connectivity index (χ4v) is 8.15. The summed E-state index contributed by atoms with van der Waals surface area (Å²) in [7, 11) is 0. The summed E-state index contributed by atoms with van der Waals surface area (Å²) in [6.07, 6.45) is 0.962. The van der Waals surface area contributed by atoms with Crippen LogP contribution in [0, 0.1) is 0 Å². The number of aromatic hydroxyl groups is 2. The van der Waals surface area contributed by atoms with E-state index in [0.29, 0.717) is 72.8 Å². The number of hydrogen-bond donors (Lipinski definition) is 6. The van der Waals surface area contributed by atoms with Gasteiger partial charge in [-0.05, 0) is 89.7 Å². The average molecular weight is 833 g/mol. The van der Waals surface area contributed by atoms with Crippen molar-refractivity contribution in [2.75, 3.05) is 23.8 Å². The number of ether oxygens (including phenoxy) is 2. The lowest BCUT2D eigenvalue weighted by atomic mass is 9.91. The minimum absolute atomic E-state index is 0.0740. The molecule has 1 aliphatic carbocycles. The molecule has 6 N–H and O–H groups in total. The number of hydrogen-bond acceptors (Lipinski definition) is 8. The highest BCUT2D eigenvalue weighted by Gasteiger charge is 2.33. The van der Waals surface area contributed by atoms with Gasteiger partial charge in [0.15, 0.2) is 13.2 Å². The molecule has 0 radical (unpaired) electrons. The van der Waals surface area contributed by atoms with Crippen molar-refractivity contribution in [2.45, 2.75) is 64.5 Å². The largest absolute Gasteiger partial charge is 0.507 e. The Morgan fingerprint density at radius 1 is 0.452 bits per heavy atom. The third-order valence-corrected chi connectivity index (χ3v) is 11.4. The van der Waals surface area contributed by atoms with Crippen LogP contribution in [0.4, 0.5) is 11.4 Å². The SMILES string of the molecule is CC1(C)NC(=O)COc2c3cccc2Cc2cccc(c2O)Cc2cccc(c2OCC(=O)NC(C)(C)C(=O)Nc2cccc4cccc(c24)NC1=O)Cc1cccc(c1O)C3. The maximum absolute atomic E-state index is 13.9. The van der Waals surface area contributed by atoms with Gasteiger partial charge in [0.05, 0.1) is 11.4 Å². The first-order valence-corrected chi connectivity index (χ1v) is 20.5. The highest BCUT2D eigenvalue weighted by molar-refractivity contribution is 6.13. The molecule has 0 atom stereocenters. The summed E-state index contributed by atoms with van der Waals surface area (Å²) in [5, 5.41) is 36.4. The van der Waals surface area contributed by atoms with Crippen molar-refractivity contribution in [1.82, 2.24) is 10.6 Å². The van der Waals surface area contributed by atoms with Crippen LogP contribution in [0.5, 0.6) is 23.0 Å². The van der Waals surface area contributed by atoms with E-state index < -0.39 is 47.9 Å². The van der Waals surface area contributed by atoms with Gasteiger partial charge in [0.25, 0.3) is 11.8 Å². The monoisotopic (exact) mass is 832 g/mol. The van der Waals surface area contributed by atoms with E-state index in [9.17, 15) is 29.4 Å². The first-order chi connectivity index (χ1) is 29.7. The number of anilines is 2. The van der Waals surface area contributed by atoms with E-state index in [-0.39, 0.29) is 37.2 Å². The topological polar surface area (TPSA) is 175 Å². The first-order valence-electron chi connectivity index (χ1n) is 20.5. The lowest BCUT2D eigenvalue weighted by Crippen LogP contribution is -2.53. The molecule has 0 fully saturated rings. The lowest BCUT2D eigenvalue weighted by molar-refractivity contribution is -0.130. The highest BCUT2D eigenvalue weighted by atomic mass is 16.5. The fraction of sp³-hybridized carbons (Fsp3) is 0.240. The summed E-state index contributed by atoms with van der Waals surface area (Å²) < 4.78 is 12.8. The summed E-state index contributed by atoms with van der Waals surface area (Å²) in [4.78, 5) is 55.4. The van der Waals surface area contributed by atoms with E-state index in [1.165, 1.54) is 0 Å². The molecule has 1 aliphatic heterocycles. The summed E-state index contributed by atoms with van der Waals surface area (Å²) in [6.45, 7) is 5.44. The molecule has 316 valence electrons. The van der Waals surface area contributed by atoms with E-state index in [4.69, 9.17) is 9.47 Å². The Kier molecular flexibility index (Phi) is 11.1. The van der Waals surface area contributed by atoms with Gasteiger partial charge < -0.3 is 41.0 Å². The van der Waals surface area contributed by atoms with Gasteiger partial charge in [0, 0.05) is 31.1 Å². The number of fused-ring (bicyclic) bond motifs is 2. The van der Waals surface area contributed by atoms with Crippen LogP contribution in [0.15, 0.2) is 109 Å². The van der Waals surface area contributed by atoms with Gasteiger partial charge in [-0.1, -0.05) is 97.1 Å². The van der Waals surface area contributed by atoms with E-state index in [2.05, 4.69) is 21.3 Å². The molecule has 1 heterocycles. The number of rotatable bonds is 0. The zero-order valence-corrected chi connectivity index (χ0v) is 35.0. The van der Waals surface area contributed by atoms with Crippen LogP contribution in [0.2, 0.25) is 0 Å². The molecule has 12 nitrogen and oxygen atoms in total. The third-order valence-electron chi connectivity index (χ3n) is 11.4. The van der Waals surface area contributed by atoms with Crippen LogP contribution in [0.25, 0.3) is 10.8 Å². The van der Waals surface area contributed by atoms with Crippen molar-refractivity contribution in [1.29, 1.82) is 0 Å². The Labute approximate surface area is 359 Å². The summed E-state index contributed by atoms with van der Waals surface area (Å²) in [5.41, 5.74) is 3.17. The second-order valence-corrected chi connectivity index (χ2v) is 16.9. The second-order valence-electron chi connectivity index (χ2n) is 16.9. The summed E-state index contributed by atoms with van der Waals surface area (Å²) >= 11 is 0. The van der Waals surface area contributed by atoms with Gasteiger partial charge in [-0.25, -0.2) is 0 Å². The molecule has 8 rings (SSSR count). The number of carbonyl (C=O) groups excluding carboxylic acids is 4. The molecule has 6 aromatic rings. The highest BCUT2D eigenvalue weighted by Crippen LogP contribution is 2.38. The molecule has 10 bridgehead atoms. The summed E-state index contributed by atoms with van der Waals surface area (Å²) in [5.74, 6) is -1.17. The van der Waals surface area contributed by atoms with Crippen LogP contribution >= 0.6 is 0 Å². The molecule has 4 amide bonds. The Hall–Kier alpha value is -7.34. The number of amides is 4. The predicted molar refractivity (Wildman–Crippen MR) is 237 cm³/mol. The molecule has 6 aromatic carbocycles. The standard InChI is InChI=1S/C50H48N4O8/c1-49(2)47(59)51-38-21-9-11-29-12-10-22-39(42(29)38)52-48(60)50(3,4)54-41(56)28-62-46-36-19-8-20-37(46)26-33-16-6-14-31(44(33)58)24-35-18-7-17-34(45(35)61-27-40(55)53-49)23-30-13-5-15-32(25-36)43(30)57/h5-22,57-58H,23-28H2,1-4H3,(H,51,59)(H,52,60)(H,53,55)(H,54,56). The Morgan fingerprint density at radius 2 is 0.758 bits per heavy atom. The van der Waals surface area contributed by atoms with Crippen molar-refractivity contribution >= 4 is 45.8 Å². The van der Waals surface area contributed by atoms with Gasteiger partial charge in [-0.15, -0.1) is 0 Å². The Bertz CT molecular complexity index is 2510. The molecule has 0 spiro atoms. The third kappa shape index (κ3) is 8.49. The number of para-hydroxylation sites is 4. The average Bonchev–Trinajstić information content (AvgIpc) is 3.22. The van der Waals surface area contributed by atoms with Gasteiger partial charge in [0.1, 0.15) is 34.1 Å². The van der Waals surface area contributed by atoms with Crippen molar-refractivity contribution in [3.63, 3.8) is 0 Å². The molecular formula is C50H48N4O8. The Balaban J connectivity index is 1.26. The van der Waals surface area contributed by atoms with Crippen molar-refractivity contribution in [3.05, 3.63) is 154 Å². The van der Waals surface area contributed by atoms with Crippen LogP contribution in [-0.4, -0.2) is 58.1 Å². The molecule has 2 aliphatic rings. The van der Waals surface area contributed by atoms with Gasteiger partial charge in [-0.2, -0.15) is 0 Å². The normalized spacial score (nSPS) is 16.6. The molecule has 0 aromatic heterocycles. The zero-order valence-electron chi connectivity index (χ0n) is 35.0. The van der Waals surface area contributed by atoms with Gasteiger partial charge in [-0.3, -0.25) is 19.2 Å². The maximum Gasteiger partial charge on any atom is 0.258 e. The number of phenolic OH excluding ortho intramolecular Hbond substituents is 2. The maximum atomic E-state index is 13.9. The van der Waals surface area contributed by atoms with E-state index in [1.807, 2.05) is 84.9 Å². The molecule has 0 unspecified atom stereocenters. The van der Waals surface area contributed by atoms with Crippen LogP contribution in [0.1, 0.15) is 72.2 Å². The van der Waals surface area contributed by atoms with E-state index in [0.717, 1.165) is 5.39 Å². The Morgan fingerprint density at radius 3 is 1.10 bits per heavy atom. The van der Waals surface area contributed by atoms with E-state index in [1.54, 1.807) is 52.0 Å². The molecular weight excluding hydrogens is 785 g/mol. The molecule has 0 saturated carbocycles. The molecule has 62 heavy (non-hydrogen) atoms. The summed E-state index contributed by atoms with van der Waals surface area (Å²) in [6, 6.07) is 32.9. The molecule has 0 saturated heterocycles. The van der Waals surface area contributed by atoms with Crippen LogP contribution in [-0.2, 0) is 44.9 Å². The smallest absolute Gasteiger partial charge is 0.258 e. The van der Waals surface area contributed by atoms with Crippen molar-refractivity contribution < 1.29 is 38.9 Å². The second kappa shape index (κ2) is 16.6. The number of carbonyl (C=O) groups is 4. The fourth-order valence-electron chi connectivity index (χ4n) is 8.15. The first kappa shape index (κ1) is 41.4. The van der Waals surface area contributed by atoms with E-state index >= 15 is 0 Å². The van der Waals surface area contributed by atoms with Crippen LogP contribution in [0.3, 0.4) is 0 Å². The minimum atomic E-state index is -1.43. The van der Waals surface area contributed by atoms with Crippen molar-refractivity contribution in [3.8, 4) is 23.0 Å². The van der Waals surface area contributed by atoms with Crippen LogP contribution < -0.4 is 30.7 Å². The quantitative estimate of drug-likeness (QED) is 0.0942. The van der Waals surface area contributed by atoms with Gasteiger partial charge >= 0.3 is 0 Å². The predicted octanol–water partition coefficient (Wildman–Crippen LogP) is 7.07. The lowest BCUT2D eigenvalue weighted by Gasteiger charge is -2.27. The minimum Gasteiger partial charge on any atom is -0.507 e. The number of nitrogens with one attached hydrogen (secondary N) is 4. The number of benzene rings is 6. The van der Waals surface area contributed by atoms with Gasteiger partial charge in [0.2, 0.25) is 11.8 Å². The molecule has 12 heteroatoms.